The molecule has 1 amide bonds. The average Bonchev–Trinajstić information content (AvgIpc) is 3.13. The molecule has 5 nitrogen and oxygen atoms in total. The molecule has 5 heteroatoms. The lowest BCUT2D eigenvalue weighted by Crippen LogP contribution is -2.33. The fourth-order valence-corrected chi connectivity index (χ4v) is 3.56. The second kappa shape index (κ2) is 8.72. The Balaban J connectivity index is 1.39. The Morgan fingerprint density at radius 3 is 2.61 bits per heavy atom. The molecular formula is C26H28N2O3. The van der Waals surface area contributed by atoms with Gasteiger partial charge in [0.25, 0.3) is 0 Å². The zero-order valence-electron chi connectivity index (χ0n) is 18.2. The van der Waals surface area contributed by atoms with Crippen LogP contribution in [0.4, 0.5) is 4.79 Å². The number of aromatic amines is 1. The van der Waals surface area contributed by atoms with Gasteiger partial charge in [-0.2, -0.15) is 0 Å². The summed E-state index contributed by atoms with van der Waals surface area (Å²) in [6.07, 6.45) is 2.29. The van der Waals surface area contributed by atoms with Gasteiger partial charge in [0.15, 0.2) is 0 Å². The van der Waals surface area contributed by atoms with Gasteiger partial charge in [-0.1, -0.05) is 36.4 Å². The molecule has 0 atom stereocenters. The maximum Gasteiger partial charge on any atom is 0.407 e. The molecule has 0 saturated heterocycles. The number of benzene rings is 3. The van der Waals surface area contributed by atoms with Crippen LogP contribution in [0.1, 0.15) is 31.9 Å². The Hall–Kier alpha value is -3.47. The van der Waals surface area contributed by atoms with E-state index in [0.717, 1.165) is 27.8 Å². The van der Waals surface area contributed by atoms with E-state index in [1.807, 2.05) is 51.2 Å². The number of carbonyl (C=O) groups excluding carboxylic acids is 1. The molecule has 1 aromatic heterocycles. The van der Waals surface area contributed by atoms with E-state index < -0.39 is 11.7 Å². The molecule has 4 aromatic rings. The van der Waals surface area contributed by atoms with Crippen molar-refractivity contribution in [1.29, 1.82) is 0 Å². The highest BCUT2D eigenvalue weighted by Gasteiger charge is 2.15. The van der Waals surface area contributed by atoms with Crippen LogP contribution in [0.5, 0.6) is 5.75 Å². The van der Waals surface area contributed by atoms with Crippen molar-refractivity contribution in [3.05, 3.63) is 78.0 Å². The summed E-state index contributed by atoms with van der Waals surface area (Å²) in [5.41, 5.74) is 2.81. The van der Waals surface area contributed by atoms with Crippen molar-refractivity contribution in [3.63, 3.8) is 0 Å². The van der Waals surface area contributed by atoms with Crippen LogP contribution in [-0.4, -0.2) is 23.2 Å². The molecule has 0 unspecified atom stereocenters. The first-order chi connectivity index (χ1) is 14.9. The van der Waals surface area contributed by atoms with Crippen LogP contribution in [-0.2, 0) is 17.8 Å². The molecule has 160 valence electrons. The number of rotatable bonds is 6. The first kappa shape index (κ1) is 20.8. The topological polar surface area (TPSA) is 63.3 Å². The number of nitrogens with one attached hydrogen (secondary N) is 2. The molecule has 4 rings (SSSR count). The zero-order chi connectivity index (χ0) is 21.8. The highest BCUT2D eigenvalue weighted by atomic mass is 16.6. The quantitative estimate of drug-likeness (QED) is 0.407. The molecule has 0 aliphatic rings. The highest BCUT2D eigenvalue weighted by molar-refractivity contribution is 5.85. The number of amides is 1. The largest absolute Gasteiger partial charge is 0.489 e. The summed E-state index contributed by atoms with van der Waals surface area (Å²) in [4.78, 5) is 15.1. The third-order valence-electron chi connectivity index (χ3n) is 5.02. The Morgan fingerprint density at radius 1 is 1.00 bits per heavy atom. The number of fused-ring (bicyclic) bond motifs is 2. The molecule has 0 saturated carbocycles. The predicted octanol–water partition coefficient (Wildman–Crippen LogP) is 5.97. The van der Waals surface area contributed by atoms with E-state index in [1.54, 1.807) is 0 Å². The van der Waals surface area contributed by atoms with Gasteiger partial charge in [0.2, 0.25) is 0 Å². The van der Waals surface area contributed by atoms with Crippen molar-refractivity contribution >= 4 is 27.8 Å². The summed E-state index contributed by atoms with van der Waals surface area (Å²) in [6.45, 7) is 6.57. The molecule has 0 fully saturated rings. The third-order valence-corrected chi connectivity index (χ3v) is 5.02. The molecule has 31 heavy (non-hydrogen) atoms. The molecule has 0 spiro atoms. The van der Waals surface area contributed by atoms with Crippen LogP contribution in [0, 0.1) is 0 Å². The number of aromatic nitrogens is 1. The van der Waals surface area contributed by atoms with E-state index in [4.69, 9.17) is 9.47 Å². The summed E-state index contributed by atoms with van der Waals surface area (Å²) >= 11 is 0. The molecule has 0 aliphatic heterocycles. The fraction of sp³-hybridized carbons (Fsp3) is 0.269. The summed E-state index contributed by atoms with van der Waals surface area (Å²) in [5, 5.41) is 6.35. The second-order valence-electron chi connectivity index (χ2n) is 8.67. The van der Waals surface area contributed by atoms with Crippen LogP contribution < -0.4 is 10.1 Å². The van der Waals surface area contributed by atoms with Gasteiger partial charge in [-0.15, -0.1) is 0 Å². The normalized spacial score (nSPS) is 11.6. The Labute approximate surface area is 182 Å². The van der Waals surface area contributed by atoms with Gasteiger partial charge >= 0.3 is 6.09 Å². The van der Waals surface area contributed by atoms with Crippen molar-refractivity contribution in [3.8, 4) is 5.75 Å². The average molecular weight is 417 g/mol. The fourth-order valence-electron chi connectivity index (χ4n) is 3.56. The van der Waals surface area contributed by atoms with Crippen LogP contribution >= 0.6 is 0 Å². The maximum atomic E-state index is 11.8. The molecular weight excluding hydrogens is 388 g/mol. The molecule has 0 bridgehead atoms. The van der Waals surface area contributed by atoms with Gasteiger partial charge in [0, 0.05) is 23.6 Å². The number of hydrogen-bond acceptors (Lipinski definition) is 3. The van der Waals surface area contributed by atoms with E-state index in [9.17, 15) is 4.79 Å². The number of ether oxygens (including phenoxy) is 2. The lowest BCUT2D eigenvalue weighted by molar-refractivity contribution is 0.0528. The van der Waals surface area contributed by atoms with Crippen LogP contribution in [0.2, 0.25) is 0 Å². The van der Waals surface area contributed by atoms with E-state index in [0.29, 0.717) is 19.6 Å². The minimum Gasteiger partial charge on any atom is -0.489 e. The minimum absolute atomic E-state index is 0.397. The zero-order valence-corrected chi connectivity index (χ0v) is 18.2. The van der Waals surface area contributed by atoms with Crippen molar-refractivity contribution in [2.45, 2.75) is 39.4 Å². The van der Waals surface area contributed by atoms with E-state index in [-0.39, 0.29) is 0 Å². The van der Waals surface area contributed by atoms with Gasteiger partial charge in [-0.25, -0.2) is 4.79 Å². The highest BCUT2D eigenvalue weighted by Crippen LogP contribution is 2.25. The van der Waals surface area contributed by atoms with Crippen molar-refractivity contribution in [2.75, 3.05) is 6.54 Å². The van der Waals surface area contributed by atoms with Crippen LogP contribution in [0.25, 0.3) is 21.7 Å². The van der Waals surface area contributed by atoms with Gasteiger partial charge in [0.1, 0.15) is 18.0 Å². The molecule has 0 aliphatic carbocycles. The number of H-pyrrole nitrogens is 1. The molecule has 3 aromatic carbocycles. The van der Waals surface area contributed by atoms with Crippen LogP contribution in [0.15, 0.2) is 66.9 Å². The minimum atomic E-state index is -0.498. The standard InChI is InChI=1S/C26H28N2O3/c1-26(2,3)31-25(29)27-13-12-21-16-28-24-11-10-22(15-23(21)24)30-17-18-8-9-19-6-4-5-7-20(19)14-18/h4-11,14-16,28H,12-13,17H2,1-3H3,(H,27,29). The number of alkyl carbamates (subject to hydrolysis) is 1. The maximum absolute atomic E-state index is 11.8. The van der Waals surface area contributed by atoms with E-state index >= 15 is 0 Å². The van der Waals surface area contributed by atoms with E-state index in [1.165, 1.54) is 10.8 Å². The second-order valence-corrected chi connectivity index (χ2v) is 8.67. The van der Waals surface area contributed by atoms with Crippen molar-refractivity contribution in [2.24, 2.45) is 0 Å². The first-order valence-corrected chi connectivity index (χ1v) is 10.5. The third kappa shape index (κ3) is 5.37. The van der Waals surface area contributed by atoms with Gasteiger partial charge < -0.3 is 19.8 Å². The smallest absolute Gasteiger partial charge is 0.407 e. The molecule has 2 N–H and O–H groups in total. The predicted molar refractivity (Wildman–Crippen MR) is 125 cm³/mol. The Morgan fingerprint density at radius 2 is 1.81 bits per heavy atom. The SMILES string of the molecule is CC(C)(C)OC(=O)NCCc1c[nH]c2ccc(OCc3ccc4ccccc4c3)cc12. The Bertz CT molecular complexity index is 1200. The van der Waals surface area contributed by atoms with Crippen molar-refractivity contribution < 1.29 is 14.3 Å². The lowest BCUT2D eigenvalue weighted by Gasteiger charge is -2.19. The number of carbonyl (C=O) groups is 1. The Kier molecular flexibility index (Phi) is 5.85. The van der Waals surface area contributed by atoms with Crippen LogP contribution in [0.3, 0.4) is 0 Å². The summed E-state index contributed by atoms with van der Waals surface area (Å²) < 4.78 is 11.4. The summed E-state index contributed by atoms with van der Waals surface area (Å²) in [7, 11) is 0. The first-order valence-electron chi connectivity index (χ1n) is 10.5. The summed E-state index contributed by atoms with van der Waals surface area (Å²) in [6, 6.07) is 20.8. The van der Waals surface area contributed by atoms with Crippen molar-refractivity contribution in [1.82, 2.24) is 10.3 Å². The lowest BCUT2D eigenvalue weighted by atomic mass is 10.1. The summed E-state index contributed by atoms with van der Waals surface area (Å²) in [5.74, 6) is 0.821. The number of hydrogen-bond donors (Lipinski definition) is 2. The van der Waals surface area contributed by atoms with Gasteiger partial charge in [0.05, 0.1) is 0 Å². The van der Waals surface area contributed by atoms with Gasteiger partial charge in [-0.05, 0) is 73.4 Å². The van der Waals surface area contributed by atoms with E-state index in [2.05, 4.69) is 46.7 Å². The molecule has 1 heterocycles. The molecule has 0 radical (unpaired) electrons. The van der Waals surface area contributed by atoms with Gasteiger partial charge in [-0.3, -0.25) is 0 Å². The monoisotopic (exact) mass is 416 g/mol.